The predicted octanol–water partition coefficient (Wildman–Crippen LogP) is 2.60. The topological polar surface area (TPSA) is 63.7 Å². The van der Waals surface area contributed by atoms with Gasteiger partial charge in [-0.1, -0.05) is 23.8 Å². The number of allylic oxidation sites excluding steroid dienone is 4. The average molecular weight is 371 g/mol. The number of hydrogen-bond donors (Lipinski definition) is 0. The van der Waals surface area contributed by atoms with Crippen molar-refractivity contribution in [3.05, 3.63) is 65.0 Å². The fourth-order valence-electron chi connectivity index (χ4n) is 3.99. The molecule has 5 nitrogen and oxygen atoms in total. The fraction of sp³-hybridized carbons (Fsp3) is 0.350. The Kier molecular flexibility index (Phi) is 4.12. The molecular formula is C20H21NO4S. The van der Waals surface area contributed by atoms with Crippen LogP contribution in [0.1, 0.15) is 12.0 Å². The van der Waals surface area contributed by atoms with E-state index in [9.17, 15) is 13.2 Å². The molecule has 1 heterocycles. The number of ether oxygens (including phenoxy) is 1. The summed E-state index contributed by atoms with van der Waals surface area (Å²) in [5, 5.41) is 0. The second-order valence-electron chi connectivity index (χ2n) is 7.03. The lowest BCUT2D eigenvalue weighted by Crippen LogP contribution is -2.30. The number of sulfonamides is 1. The molecule has 0 N–H and O–H groups in total. The van der Waals surface area contributed by atoms with Crippen LogP contribution < -0.4 is 0 Å². The summed E-state index contributed by atoms with van der Waals surface area (Å²) in [6, 6.07) is 6.90. The van der Waals surface area contributed by atoms with E-state index >= 15 is 0 Å². The van der Waals surface area contributed by atoms with Gasteiger partial charge in [0, 0.05) is 36.9 Å². The molecule has 6 heteroatoms. The highest BCUT2D eigenvalue weighted by Gasteiger charge is 2.44. The molecule has 2 unspecified atom stereocenters. The van der Waals surface area contributed by atoms with Gasteiger partial charge in [-0.25, -0.2) is 8.42 Å². The van der Waals surface area contributed by atoms with Crippen molar-refractivity contribution in [2.45, 2.75) is 18.2 Å². The zero-order valence-electron chi connectivity index (χ0n) is 14.8. The number of benzene rings is 1. The first-order valence-electron chi connectivity index (χ1n) is 8.67. The SMILES string of the molecule is COC1=CC(C2=C3CN(S(=O)(=O)c4ccc(C)cc4)CC3CC2=O)C=C1. The zero-order chi connectivity index (χ0) is 18.5. The normalized spacial score (nSPS) is 25.8. The van der Waals surface area contributed by atoms with Crippen molar-refractivity contribution in [1.82, 2.24) is 4.31 Å². The van der Waals surface area contributed by atoms with Crippen molar-refractivity contribution in [2.24, 2.45) is 11.8 Å². The van der Waals surface area contributed by atoms with Gasteiger partial charge in [0.1, 0.15) is 5.76 Å². The third-order valence-electron chi connectivity index (χ3n) is 5.38. The van der Waals surface area contributed by atoms with Gasteiger partial charge in [0.25, 0.3) is 0 Å². The molecule has 3 aliphatic rings. The standard InChI is InChI=1S/C20H21NO4S/c1-13-3-7-17(8-4-13)26(23,24)21-11-15-10-19(22)20(18(15)12-21)14-5-6-16(9-14)25-2/h3-9,14-15H,10-12H2,1-2H3. The number of rotatable bonds is 4. The lowest BCUT2D eigenvalue weighted by Gasteiger charge is -2.17. The van der Waals surface area contributed by atoms with Crippen molar-refractivity contribution in [2.75, 3.05) is 20.2 Å². The summed E-state index contributed by atoms with van der Waals surface area (Å²) in [4.78, 5) is 12.8. The van der Waals surface area contributed by atoms with Gasteiger partial charge in [-0.15, -0.1) is 0 Å². The van der Waals surface area contributed by atoms with Crippen molar-refractivity contribution >= 4 is 15.8 Å². The Labute approximate surface area is 153 Å². The van der Waals surface area contributed by atoms with Crippen LogP contribution in [0.5, 0.6) is 0 Å². The van der Waals surface area contributed by atoms with Gasteiger partial charge in [-0.2, -0.15) is 4.31 Å². The van der Waals surface area contributed by atoms with Crippen LogP contribution in [0.3, 0.4) is 0 Å². The van der Waals surface area contributed by atoms with Crippen molar-refractivity contribution in [1.29, 1.82) is 0 Å². The number of nitrogens with zero attached hydrogens (tertiary/aromatic N) is 1. The highest BCUT2D eigenvalue weighted by Crippen LogP contribution is 2.42. The van der Waals surface area contributed by atoms with Gasteiger partial charge in [-0.05, 0) is 36.8 Å². The van der Waals surface area contributed by atoms with E-state index in [-0.39, 0.29) is 17.6 Å². The maximum absolute atomic E-state index is 13.0. The Morgan fingerprint density at radius 3 is 2.58 bits per heavy atom. The van der Waals surface area contributed by atoms with Crippen LogP contribution in [0, 0.1) is 18.8 Å². The molecule has 0 amide bonds. The highest BCUT2D eigenvalue weighted by molar-refractivity contribution is 7.89. The Morgan fingerprint density at radius 1 is 1.19 bits per heavy atom. The Bertz CT molecular complexity index is 954. The van der Waals surface area contributed by atoms with Gasteiger partial charge in [0.15, 0.2) is 5.78 Å². The Balaban J connectivity index is 1.65. The Hall–Kier alpha value is -2.18. The molecular weight excluding hydrogens is 350 g/mol. The number of methoxy groups -OCH3 is 1. The van der Waals surface area contributed by atoms with Crippen molar-refractivity contribution < 1.29 is 17.9 Å². The monoisotopic (exact) mass is 371 g/mol. The van der Waals surface area contributed by atoms with E-state index in [1.807, 2.05) is 25.2 Å². The van der Waals surface area contributed by atoms with Crippen molar-refractivity contribution in [3.8, 4) is 0 Å². The quantitative estimate of drug-likeness (QED) is 0.816. The first-order chi connectivity index (χ1) is 12.4. The number of carbonyl (C=O) groups excluding carboxylic acids is 1. The molecule has 0 bridgehead atoms. The van der Waals surface area contributed by atoms with Gasteiger partial charge < -0.3 is 4.74 Å². The second-order valence-corrected chi connectivity index (χ2v) is 8.97. The largest absolute Gasteiger partial charge is 0.497 e. The maximum atomic E-state index is 13.0. The molecule has 0 aromatic heterocycles. The van der Waals surface area contributed by atoms with Crippen LogP contribution in [-0.4, -0.2) is 38.7 Å². The number of Topliss-reactive ketones (excluding diaryl/α,β-unsaturated/α-hetero) is 1. The third kappa shape index (κ3) is 2.73. The fourth-order valence-corrected chi connectivity index (χ4v) is 5.45. The van der Waals surface area contributed by atoms with Gasteiger partial charge in [-0.3, -0.25) is 4.79 Å². The molecule has 26 heavy (non-hydrogen) atoms. The van der Waals surface area contributed by atoms with Crippen LogP contribution in [0.4, 0.5) is 0 Å². The van der Waals surface area contributed by atoms with Crippen LogP contribution in [0.25, 0.3) is 0 Å². The predicted molar refractivity (Wildman–Crippen MR) is 97.8 cm³/mol. The minimum Gasteiger partial charge on any atom is -0.497 e. The van der Waals surface area contributed by atoms with Crippen LogP contribution in [0.2, 0.25) is 0 Å². The van der Waals surface area contributed by atoms with Gasteiger partial charge in [0.2, 0.25) is 10.0 Å². The van der Waals surface area contributed by atoms with Gasteiger partial charge >= 0.3 is 0 Å². The molecule has 0 spiro atoms. The minimum absolute atomic E-state index is 0.00822. The summed E-state index contributed by atoms with van der Waals surface area (Å²) in [6.07, 6.45) is 6.11. The smallest absolute Gasteiger partial charge is 0.243 e. The zero-order valence-corrected chi connectivity index (χ0v) is 15.6. The molecule has 1 aromatic rings. The lowest BCUT2D eigenvalue weighted by atomic mass is 9.96. The number of ketones is 1. The molecule has 1 aliphatic heterocycles. The van der Waals surface area contributed by atoms with Crippen LogP contribution in [-0.2, 0) is 19.6 Å². The van der Waals surface area contributed by atoms with E-state index in [4.69, 9.17) is 4.74 Å². The highest BCUT2D eigenvalue weighted by atomic mass is 32.2. The van der Waals surface area contributed by atoms with E-state index in [1.165, 1.54) is 4.31 Å². The molecule has 0 saturated carbocycles. The second kappa shape index (κ2) is 6.21. The van der Waals surface area contributed by atoms with Crippen LogP contribution in [0.15, 0.2) is 64.3 Å². The summed E-state index contributed by atoms with van der Waals surface area (Å²) < 4.78 is 32.6. The van der Waals surface area contributed by atoms with E-state index < -0.39 is 10.0 Å². The summed E-state index contributed by atoms with van der Waals surface area (Å²) in [5.74, 6) is 0.743. The maximum Gasteiger partial charge on any atom is 0.243 e. The molecule has 136 valence electrons. The summed E-state index contributed by atoms with van der Waals surface area (Å²) in [7, 11) is -1.95. The Morgan fingerprint density at radius 2 is 1.92 bits per heavy atom. The van der Waals surface area contributed by atoms with Crippen molar-refractivity contribution in [3.63, 3.8) is 0 Å². The molecule has 1 fully saturated rings. The van der Waals surface area contributed by atoms with E-state index in [1.54, 1.807) is 31.4 Å². The third-order valence-corrected chi connectivity index (χ3v) is 7.21. The number of carbonyl (C=O) groups is 1. The molecule has 2 aliphatic carbocycles. The molecule has 4 rings (SSSR count). The summed E-state index contributed by atoms with van der Waals surface area (Å²) >= 11 is 0. The minimum atomic E-state index is -3.55. The molecule has 1 saturated heterocycles. The summed E-state index contributed by atoms with van der Waals surface area (Å²) in [5.41, 5.74) is 2.74. The van der Waals surface area contributed by atoms with Crippen LogP contribution >= 0.6 is 0 Å². The average Bonchev–Trinajstić information content (AvgIpc) is 3.29. The number of aryl methyl sites for hydroxylation is 1. The van der Waals surface area contributed by atoms with Gasteiger partial charge in [0.05, 0.1) is 12.0 Å². The number of hydrogen-bond acceptors (Lipinski definition) is 4. The molecule has 2 atom stereocenters. The molecule has 1 aromatic carbocycles. The van der Waals surface area contributed by atoms with E-state index in [2.05, 4.69) is 0 Å². The number of fused-ring (bicyclic) bond motifs is 1. The molecule has 0 radical (unpaired) electrons. The van der Waals surface area contributed by atoms with E-state index in [0.717, 1.165) is 22.5 Å². The van der Waals surface area contributed by atoms with E-state index in [0.29, 0.717) is 24.4 Å². The first kappa shape index (κ1) is 17.2. The first-order valence-corrected chi connectivity index (χ1v) is 10.1. The lowest BCUT2D eigenvalue weighted by molar-refractivity contribution is -0.115. The summed E-state index contributed by atoms with van der Waals surface area (Å²) in [6.45, 7) is 2.59.